The van der Waals surface area contributed by atoms with Crippen LogP contribution in [0.2, 0.25) is 0 Å². The quantitative estimate of drug-likeness (QED) is 0.547. The molecule has 0 saturated carbocycles. The zero-order chi connectivity index (χ0) is 15.8. The van der Waals surface area contributed by atoms with Gasteiger partial charge in [0.15, 0.2) is 0 Å². The minimum absolute atomic E-state index is 0.0328. The van der Waals surface area contributed by atoms with Gasteiger partial charge in [-0.3, -0.25) is 14.9 Å². The van der Waals surface area contributed by atoms with Crippen LogP contribution in [0.4, 0.5) is 0 Å². The predicted octanol–water partition coefficient (Wildman–Crippen LogP) is 2.91. The first-order chi connectivity index (χ1) is 9.97. The van der Waals surface area contributed by atoms with Crippen molar-refractivity contribution in [3.63, 3.8) is 0 Å². The van der Waals surface area contributed by atoms with E-state index in [-0.39, 0.29) is 28.4 Å². The van der Waals surface area contributed by atoms with Crippen LogP contribution in [0.15, 0.2) is 24.3 Å². The first-order valence-corrected chi connectivity index (χ1v) is 8.10. The monoisotopic (exact) mass is 310 g/mol. The van der Waals surface area contributed by atoms with E-state index in [1.54, 1.807) is 4.90 Å². The largest absolute Gasteiger partial charge is 0.343 e. The van der Waals surface area contributed by atoms with E-state index in [0.717, 1.165) is 11.1 Å². The Labute approximate surface area is 129 Å². The summed E-state index contributed by atoms with van der Waals surface area (Å²) >= 11 is 1.34. The van der Waals surface area contributed by atoms with E-state index < -0.39 is 0 Å². The van der Waals surface area contributed by atoms with E-state index >= 15 is 0 Å². The maximum absolute atomic E-state index is 12.0. The van der Waals surface area contributed by atoms with E-state index in [9.17, 15) is 14.9 Å². The second kappa shape index (κ2) is 8.67. The molecule has 21 heavy (non-hydrogen) atoms. The van der Waals surface area contributed by atoms with Crippen molar-refractivity contribution < 1.29 is 9.72 Å². The molecule has 1 rings (SSSR count). The maximum Gasteiger partial charge on any atom is 0.232 e. The average molecular weight is 310 g/mol. The molecule has 0 heterocycles. The highest BCUT2D eigenvalue weighted by atomic mass is 32.2. The zero-order valence-electron chi connectivity index (χ0n) is 12.7. The number of nitro groups is 1. The van der Waals surface area contributed by atoms with Gasteiger partial charge >= 0.3 is 0 Å². The number of hydrogen-bond donors (Lipinski definition) is 0. The number of aryl methyl sites for hydroxylation is 1. The van der Waals surface area contributed by atoms with Crippen LogP contribution < -0.4 is 0 Å². The van der Waals surface area contributed by atoms with Crippen molar-refractivity contribution in [3.8, 4) is 0 Å². The molecule has 6 heteroatoms. The van der Waals surface area contributed by atoms with Crippen LogP contribution in [-0.2, 0) is 4.79 Å². The maximum atomic E-state index is 12.0. The summed E-state index contributed by atoms with van der Waals surface area (Å²) in [6, 6.07) is 7.68. The topological polar surface area (TPSA) is 63.5 Å². The number of nitrogens with zero attached hydrogens (tertiary/aromatic N) is 2. The molecule has 1 aromatic rings. The number of rotatable bonds is 8. The Morgan fingerprint density at radius 2 is 1.86 bits per heavy atom. The summed E-state index contributed by atoms with van der Waals surface area (Å²) in [5, 5.41) is 10.5. The van der Waals surface area contributed by atoms with Crippen LogP contribution in [0.1, 0.15) is 30.2 Å². The lowest BCUT2D eigenvalue weighted by molar-refractivity contribution is -0.479. The number of thioether (sulfide) groups is 1. The molecule has 1 aromatic carbocycles. The highest BCUT2D eigenvalue weighted by molar-refractivity contribution is 8.00. The van der Waals surface area contributed by atoms with Crippen molar-refractivity contribution in [1.82, 2.24) is 4.90 Å². The van der Waals surface area contributed by atoms with Gasteiger partial charge in [0.2, 0.25) is 12.5 Å². The summed E-state index contributed by atoms with van der Waals surface area (Å²) < 4.78 is 0. The van der Waals surface area contributed by atoms with Crippen LogP contribution in [-0.4, -0.2) is 41.1 Å². The fourth-order valence-corrected chi connectivity index (χ4v) is 3.11. The fraction of sp³-hybridized carbons (Fsp3) is 0.533. The van der Waals surface area contributed by atoms with Gasteiger partial charge in [0.05, 0.1) is 11.0 Å². The highest BCUT2D eigenvalue weighted by Crippen LogP contribution is 2.29. The Kier molecular flexibility index (Phi) is 7.22. The summed E-state index contributed by atoms with van der Waals surface area (Å²) in [6.45, 7) is 7.00. The number of benzene rings is 1. The van der Waals surface area contributed by atoms with E-state index in [0.29, 0.717) is 13.1 Å². The summed E-state index contributed by atoms with van der Waals surface area (Å²) in [5.74, 6) is 0.305. The molecule has 0 bridgehead atoms. The average Bonchev–Trinajstić information content (AvgIpc) is 2.45. The number of carbonyl (C=O) groups excluding carboxylic acids is 1. The SMILES string of the molecule is CCN(CC)C(=O)CSC(C[N+](=O)[O-])c1ccc(C)cc1. The lowest BCUT2D eigenvalue weighted by atomic mass is 10.1. The molecular formula is C15H22N2O3S. The molecule has 0 aliphatic rings. The molecule has 0 radical (unpaired) electrons. The molecule has 5 nitrogen and oxygen atoms in total. The van der Waals surface area contributed by atoms with E-state index in [1.807, 2.05) is 45.0 Å². The molecule has 0 saturated heterocycles. The van der Waals surface area contributed by atoms with E-state index in [1.165, 1.54) is 11.8 Å². The molecule has 0 fully saturated rings. The Hall–Kier alpha value is -1.56. The van der Waals surface area contributed by atoms with Crippen molar-refractivity contribution in [2.75, 3.05) is 25.4 Å². The van der Waals surface area contributed by atoms with Crippen molar-refractivity contribution >= 4 is 17.7 Å². The zero-order valence-corrected chi connectivity index (χ0v) is 13.6. The van der Waals surface area contributed by atoms with Crippen LogP contribution in [0.25, 0.3) is 0 Å². The molecule has 1 amide bonds. The molecule has 1 unspecified atom stereocenters. The normalized spacial score (nSPS) is 12.0. The van der Waals surface area contributed by atoms with Crippen molar-refractivity contribution in [2.45, 2.75) is 26.0 Å². The van der Waals surface area contributed by atoms with E-state index in [4.69, 9.17) is 0 Å². The highest BCUT2D eigenvalue weighted by Gasteiger charge is 2.21. The first-order valence-electron chi connectivity index (χ1n) is 7.05. The van der Waals surface area contributed by atoms with Gasteiger partial charge in [-0.25, -0.2) is 0 Å². The van der Waals surface area contributed by atoms with Gasteiger partial charge in [-0.05, 0) is 26.3 Å². The minimum Gasteiger partial charge on any atom is -0.343 e. The van der Waals surface area contributed by atoms with Gasteiger partial charge in [0, 0.05) is 18.0 Å². The molecular weight excluding hydrogens is 288 g/mol. The predicted molar refractivity (Wildman–Crippen MR) is 86.2 cm³/mol. The molecule has 1 atom stereocenters. The molecule has 0 aliphatic carbocycles. The van der Waals surface area contributed by atoms with Gasteiger partial charge in [-0.1, -0.05) is 29.8 Å². The Bertz CT molecular complexity index is 472. The second-order valence-corrected chi connectivity index (χ2v) is 5.98. The smallest absolute Gasteiger partial charge is 0.232 e. The third kappa shape index (κ3) is 5.75. The van der Waals surface area contributed by atoms with Gasteiger partial charge < -0.3 is 4.90 Å². The van der Waals surface area contributed by atoms with Gasteiger partial charge in [-0.2, -0.15) is 0 Å². The molecule has 0 aliphatic heterocycles. The summed E-state index contributed by atoms with van der Waals surface area (Å²) in [6.07, 6.45) is 0. The molecule has 0 aromatic heterocycles. The van der Waals surface area contributed by atoms with E-state index in [2.05, 4.69) is 0 Å². The van der Waals surface area contributed by atoms with Crippen molar-refractivity contribution in [3.05, 3.63) is 45.5 Å². The second-order valence-electron chi connectivity index (χ2n) is 4.79. The van der Waals surface area contributed by atoms with Gasteiger partial charge in [-0.15, -0.1) is 11.8 Å². The lowest BCUT2D eigenvalue weighted by Gasteiger charge is -2.20. The number of amides is 1. The number of carbonyl (C=O) groups is 1. The molecule has 0 spiro atoms. The molecule has 116 valence electrons. The van der Waals surface area contributed by atoms with Crippen LogP contribution in [0.3, 0.4) is 0 Å². The van der Waals surface area contributed by atoms with Gasteiger partial charge in [0.25, 0.3) is 0 Å². The Balaban J connectivity index is 2.73. The lowest BCUT2D eigenvalue weighted by Crippen LogP contribution is -2.32. The van der Waals surface area contributed by atoms with Crippen LogP contribution in [0, 0.1) is 17.0 Å². The first kappa shape index (κ1) is 17.5. The van der Waals surface area contributed by atoms with Crippen molar-refractivity contribution in [2.24, 2.45) is 0 Å². The fourth-order valence-electron chi connectivity index (χ4n) is 2.01. The summed E-state index contributed by atoms with van der Waals surface area (Å²) in [5.41, 5.74) is 2.01. The van der Waals surface area contributed by atoms with Gasteiger partial charge in [0.1, 0.15) is 0 Å². The summed E-state index contributed by atoms with van der Waals surface area (Å²) in [7, 11) is 0. The third-order valence-corrected chi connectivity index (χ3v) is 4.53. The van der Waals surface area contributed by atoms with Crippen LogP contribution >= 0.6 is 11.8 Å². The Morgan fingerprint density at radius 1 is 1.29 bits per heavy atom. The summed E-state index contributed by atoms with van der Waals surface area (Å²) in [4.78, 5) is 24.3. The van der Waals surface area contributed by atoms with Crippen molar-refractivity contribution in [1.29, 1.82) is 0 Å². The minimum atomic E-state index is -0.320. The standard InChI is InChI=1S/C15H22N2O3S/c1-4-16(5-2)15(18)11-21-14(10-17(19)20)13-8-6-12(3)7-9-13/h6-9,14H,4-5,10-11H2,1-3H3. The third-order valence-electron chi connectivity index (χ3n) is 3.29. The Morgan fingerprint density at radius 3 is 2.33 bits per heavy atom. The number of hydrogen-bond acceptors (Lipinski definition) is 4. The van der Waals surface area contributed by atoms with Crippen LogP contribution in [0.5, 0.6) is 0 Å². The molecule has 0 N–H and O–H groups in total.